The Labute approximate surface area is 73.7 Å². The van der Waals surface area contributed by atoms with Crippen molar-refractivity contribution in [1.29, 1.82) is 0 Å². The summed E-state index contributed by atoms with van der Waals surface area (Å²) in [6.45, 7) is -0.550. The van der Waals surface area contributed by atoms with Crippen molar-refractivity contribution in [3.05, 3.63) is 0 Å². The Balaban J connectivity index is 2.69. The molecule has 7 nitrogen and oxygen atoms in total. The first-order valence-corrected chi connectivity index (χ1v) is 3.72. The average Bonchev–Trinajstić information content (AvgIpc) is 2.13. The van der Waals surface area contributed by atoms with Crippen molar-refractivity contribution in [3.8, 4) is 0 Å². The SMILES string of the molecule is OC[C@H]1O[C@@H](O)[C@H](O)[C@@H](O)[C@@H]1OO. The molecule has 5 N–H and O–H groups in total. The van der Waals surface area contributed by atoms with Crippen LogP contribution in [-0.2, 0) is 9.62 Å². The van der Waals surface area contributed by atoms with Crippen LogP contribution in [0.1, 0.15) is 0 Å². The molecule has 1 saturated heterocycles. The van der Waals surface area contributed by atoms with E-state index in [2.05, 4.69) is 9.62 Å². The van der Waals surface area contributed by atoms with Crippen molar-refractivity contribution in [2.45, 2.75) is 30.7 Å². The summed E-state index contributed by atoms with van der Waals surface area (Å²) in [6.07, 6.45) is -7.02. The molecule has 78 valence electrons. The maximum Gasteiger partial charge on any atom is 0.184 e. The molecule has 1 heterocycles. The molecule has 1 fully saturated rings. The van der Waals surface area contributed by atoms with Crippen molar-refractivity contribution >= 4 is 0 Å². The number of aliphatic hydroxyl groups is 4. The molecule has 0 aromatic carbocycles. The Morgan fingerprint density at radius 1 is 1.15 bits per heavy atom. The van der Waals surface area contributed by atoms with E-state index in [1.165, 1.54) is 0 Å². The second kappa shape index (κ2) is 4.29. The molecule has 0 unspecified atom stereocenters. The summed E-state index contributed by atoms with van der Waals surface area (Å²) in [4.78, 5) is 3.82. The third kappa shape index (κ3) is 1.97. The van der Waals surface area contributed by atoms with Gasteiger partial charge in [-0.2, -0.15) is 0 Å². The summed E-state index contributed by atoms with van der Waals surface area (Å²) in [5, 5.41) is 44.3. The van der Waals surface area contributed by atoms with E-state index in [0.29, 0.717) is 0 Å². The molecular weight excluding hydrogens is 184 g/mol. The summed E-state index contributed by atoms with van der Waals surface area (Å²) in [5.41, 5.74) is 0. The molecule has 0 amide bonds. The van der Waals surface area contributed by atoms with E-state index < -0.39 is 37.3 Å². The molecule has 1 rings (SSSR count). The summed E-state index contributed by atoms with van der Waals surface area (Å²) in [5.74, 6) is 0. The zero-order valence-corrected chi connectivity index (χ0v) is 6.65. The lowest BCUT2D eigenvalue weighted by Crippen LogP contribution is -2.59. The third-order valence-corrected chi connectivity index (χ3v) is 1.96. The lowest BCUT2D eigenvalue weighted by molar-refractivity contribution is -0.371. The van der Waals surface area contributed by atoms with Crippen molar-refractivity contribution in [2.24, 2.45) is 0 Å². The molecule has 0 bridgehead atoms. The van der Waals surface area contributed by atoms with Gasteiger partial charge in [-0.05, 0) is 0 Å². The molecule has 0 aromatic rings. The van der Waals surface area contributed by atoms with Gasteiger partial charge in [-0.3, -0.25) is 5.26 Å². The van der Waals surface area contributed by atoms with Gasteiger partial charge in [0.25, 0.3) is 0 Å². The number of hydrogen-bond acceptors (Lipinski definition) is 7. The zero-order chi connectivity index (χ0) is 10.0. The van der Waals surface area contributed by atoms with Crippen LogP contribution in [0, 0.1) is 0 Å². The molecule has 0 aromatic heterocycles. The Morgan fingerprint density at radius 2 is 1.77 bits per heavy atom. The fraction of sp³-hybridized carbons (Fsp3) is 1.00. The van der Waals surface area contributed by atoms with E-state index in [9.17, 15) is 5.11 Å². The molecule has 0 spiro atoms. The van der Waals surface area contributed by atoms with Gasteiger partial charge in [-0.1, -0.05) is 0 Å². The molecule has 7 heteroatoms. The molecule has 0 saturated carbocycles. The highest BCUT2D eigenvalue weighted by molar-refractivity contribution is 4.88. The summed E-state index contributed by atoms with van der Waals surface area (Å²) >= 11 is 0. The summed E-state index contributed by atoms with van der Waals surface area (Å²) in [7, 11) is 0. The van der Waals surface area contributed by atoms with E-state index in [-0.39, 0.29) is 0 Å². The van der Waals surface area contributed by atoms with Gasteiger partial charge in [0.05, 0.1) is 6.61 Å². The molecule has 5 atom stereocenters. The van der Waals surface area contributed by atoms with Crippen molar-refractivity contribution in [3.63, 3.8) is 0 Å². The Hall–Kier alpha value is -0.280. The van der Waals surface area contributed by atoms with Crippen LogP contribution in [0.4, 0.5) is 0 Å². The zero-order valence-electron chi connectivity index (χ0n) is 6.65. The van der Waals surface area contributed by atoms with Gasteiger partial charge in [0.1, 0.15) is 24.4 Å². The highest BCUT2D eigenvalue weighted by atomic mass is 17.1. The Kier molecular flexibility index (Phi) is 3.56. The normalized spacial score (nSPS) is 46.4. The van der Waals surface area contributed by atoms with Crippen LogP contribution in [-0.4, -0.2) is 63.0 Å². The van der Waals surface area contributed by atoms with E-state index in [4.69, 9.17) is 20.6 Å². The highest BCUT2D eigenvalue weighted by Crippen LogP contribution is 2.21. The van der Waals surface area contributed by atoms with Crippen molar-refractivity contribution in [1.82, 2.24) is 0 Å². The first-order chi connectivity index (χ1) is 6.11. The van der Waals surface area contributed by atoms with Crippen molar-refractivity contribution < 1.29 is 35.3 Å². The minimum atomic E-state index is -1.60. The summed E-state index contributed by atoms with van der Waals surface area (Å²) in [6, 6.07) is 0. The van der Waals surface area contributed by atoms with E-state index >= 15 is 0 Å². The predicted octanol–water partition coefficient (Wildman–Crippen LogP) is -2.72. The smallest absolute Gasteiger partial charge is 0.184 e. The van der Waals surface area contributed by atoms with Gasteiger partial charge >= 0.3 is 0 Å². The molecule has 0 radical (unpaired) electrons. The van der Waals surface area contributed by atoms with E-state index in [1.807, 2.05) is 0 Å². The lowest BCUT2D eigenvalue weighted by Gasteiger charge is -2.38. The number of ether oxygens (including phenoxy) is 1. The lowest BCUT2D eigenvalue weighted by atomic mass is 9.99. The molecule has 1 aliphatic rings. The molecule has 13 heavy (non-hydrogen) atoms. The number of hydrogen-bond donors (Lipinski definition) is 5. The molecule has 0 aliphatic carbocycles. The predicted molar refractivity (Wildman–Crippen MR) is 37.5 cm³/mol. The number of rotatable bonds is 2. The molecular formula is C6H12O7. The van der Waals surface area contributed by atoms with Gasteiger partial charge in [0.15, 0.2) is 6.29 Å². The van der Waals surface area contributed by atoms with Gasteiger partial charge in [0, 0.05) is 0 Å². The van der Waals surface area contributed by atoms with Crippen LogP contribution in [0.25, 0.3) is 0 Å². The van der Waals surface area contributed by atoms with Gasteiger partial charge < -0.3 is 25.2 Å². The monoisotopic (exact) mass is 196 g/mol. The molecule has 1 aliphatic heterocycles. The minimum absolute atomic E-state index is 0.550. The minimum Gasteiger partial charge on any atom is -0.394 e. The van der Waals surface area contributed by atoms with Crippen LogP contribution in [0.2, 0.25) is 0 Å². The van der Waals surface area contributed by atoms with Crippen molar-refractivity contribution in [2.75, 3.05) is 6.61 Å². The topological polar surface area (TPSA) is 120 Å². The number of aliphatic hydroxyl groups excluding tert-OH is 4. The largest absolute Gasteiger partial charge is 0.394 e. The maximum absolute atomic E-state index is 9.22. The van der Waals surface area contributed by atoms with Gasteiger partial charge in [-0.25, -0.2) is 4.89 Å². The second-order valence-electron chi connectivity index (χ2n) is 2.80. The van der Waals surface area contributed by atoms with E-state index in [1.54, 1.807) is 0 Å². The van der Waals surface area contributed by atoms with Crippen LogP contribution in [0.3, 0.4) is 0 Å². The Morgan fingerprint density at radius 3 is 2.23 bits per heavy atom. The van der Waals surface area contributed by atoms with Crippen LogP contribution < -0.4 is 0 Å². The highest BCUT2D eigenvalue weighted by Gasteiger charge is 2.44. The standard InChI is InChI=1S/C6H12O7/c7-1-2-5(13-11)3(8)4(9)6(10)12-2/h2-11H,1H2/t2-,3-,4-,5-,6-/m1/s1. The first-order valence-electron chi connectivity index (χ1n) is 3.72. The van der Waals surface area contributed by atoms with Gasteiger partial charge in [0.2, 0.25) is 0 Å². The fourth-order valence-corrected chi connectivity index (χ4v) is 1.20. The van der Waals surface area contributed by atoms with Crippen LogP contribution >= 0.6 is 0 Å². The van der Waals surface area contributed by atoms with Gasteiger partial charge in [-0.15, -0.1) is 0 Å². The average molecular weight is 196 g/mol. The van der Waals surface area contributed by atoms with E-state index in [0.717, 1.165) is 0 Å². The maximum atomic E-state index is 9.22. The van der Waals surface area contributed by atoms with Crippen LogP contribution in [0.15, 0.2) is 0 Å². The quantitative estimate of drug-likeness (QED) is 0.240. The van der Waals surface area contributed by atoms with Crippen LogP contribution in [0.5, 0.6) is 0 Å². The fourth-order valence-electron chi connectivity index (χ4n) is 1.20. The second-order valence-corrected chi connectivity index (χ2v) is 2.80. The third-order valence-electron chi connectivity index (χ3n) is 1.96. The Bertz CT molecular complexity index is 161. The summed E-state index contributed by atoms with van der Waals surface area (Å²) < 4.78 is 4.63. The first kappa shape index (κ1) is 10.8.